The smallest absolute Gasteiger partial charge is 0.186 e. The molecule has 0 spiro atoms. The van der Waals surface area contributed by atoms with Gasteiger partial charge in [0.2, 0.25) is 0 Å². The Kier molecular flexibility index (Phi) is 3.73. The van der Waals surface area contributed by atoms with Gasteiger partial charge in [-0.05, 0) is 30.5 Å². The van der Waals surface area contributed by atoms with Crippen molar-refractivity contribution < 1.29 is 0 Å². The van der Waals surface area contributed by atoms with Crippen LogP contribution in [0.3, 0.4) is 0 Å². The second kappa shape index (κ2) is 5.68. The van der Waals surface area contributed by atoms with E-state index in [1.807, 2.05) is 65.5 Å². The third-order valence-electron chi connectivity index (χ3n) is 3.49. The first-order chi connectivity index (χ1) is 10.2. The summed E-state index contributed by atoms with van der Waals surface area (Å²) in [6, 6.07) is 15.1. The summed E-state index contributed by atoms with van der Waals surface area (Å²) in [4.78, 5) is 13.3. The first kappa shape index (κ1) is 13.8. The van der Waals surface area contributed by atoms with Gasteiger partial charge >= 0.3 is 0 Å². The third kappa shape index (κ3) is 2.68. The van der Waals surface area contributed by atoms with Gasteiger partial charge in [-0.15, -0.1) is 11.3 Å². The molecule has 0 aliphatic rings. The van der Waals surface area contributed by atoms with Crippen molar-refractivity contribution in [1.29, 1.82) is 0 Å². The van der Waals surface area contributed by atoms with Gasteiger partial charge in [-0.2, -0.15) is 0 Å². The zero-order valence-electron chi connectivity index (χ0n) is 11.7. The number of benzene rings is 1. The highest BCUT2D eigenvalue weighted by molar-refractivity contribution is 7.10. The van der Waals surface area contributed by atoms with Crippen LogP contribution in [0.4, 0.5) is 0 Å². The van der Waals surface area contributed by atoms with Crippen LogP contribution in [0.15, 0.2) is 64.9 Å². The van der Waals surface area contributed by atoms with Crippen LogP contribution in [0.2, 0.25) is 0 Å². The maximum atomic E-state index is 12.3. The molecule has 1 aromatic carbocycles. The fourth-order valence-corrected chi connectivity index (χ4v) is 3.11. The molecule has 106 valence electrons. The second-order valence-corrected chi connectivity index (χ2v) is 5.91. The van der Waals surface area contributed by atoms with Gasteiger partial charge in [-0.3, -0.25) is 4.79 Å². The van der Waals surface area contributed by atoms with Crippen molar-refractivity contribution in [3.05, 3.63) is 86.5 Å². The lowest BCUT2D eigenvalue weighted by molar-refractivity contribution is 0.843. The molecule has 21 heavy (non-hydrogen) atoms. The Hall–Kier alpha value is -2.17. The van der Waals surface area contributed by atoms with E-state index in [9.17, 15) is 4.79 Å². The number of hydrogen-bond donors (Lipinski definition) is 1. The molecular weight excluding hydrogens is 280 g/mol. The number of hydrogen-bond acceptors (Lipinski definition) is 3. The molecule has 3 nitrogen and oxygen atoms in total. The Morgan fingerprint density at radius 3 is 2.57 bits per heavy atom. The minimum atomic E-state index is -0.381. The fourth-order valence-electron chi connectivity index (χ4n) is 2.37. The summed E-state index contributed by atoms with van der Waals surface area (Å²) in [6.07, 6.45) is 1.86. The molecule has 0 radical (unpaired) electrons. The van der Waals surface area contributed by atoms with E-state index in [0.29, 0.717) is 5.56 Å². The topological polar surface area (TPSA) is 48.0 Å². The maximum Gasteiger partial charge on any atom is 0.186 e. The predicted octanol–water partition coefficient (Wildman–Crippen LogP) is 3.26. The Balaban J connectivity index is 2.13. The number of nitrogens with zero attached hydrogens (tertiary/aromatic N) is 1. The number of rotatable bonds is 3. The van der Waals surface area contributed by atoms with E-state index in [-0.39, 0.29) is 11.5 Å². The Morgan fingerprint density at radius 1 is 1.14 bits per heavy atom. The van der Waals surface area contributed by atoms with E-state index < -0.39 is 0 Å². The fraction of sp³-hybridized carbons (Fsp3) is 0.118. The molecule has 3 aromatic rings. The molecule has 1 unspecified atom stereocenters. The van der Waals surface area contributed by atoms with Crippen molar-refractivity contribution in [2.75, 3.05) is 0 Å². The average Bonchev–Trinajstić information content (AvgIpc) is 3.02. The number of para-hydroxylation sites is 1. The molecule has 4 heteroatoms. The number of nitrogens with two attached hydrogens (primary N) is 1. The van der Waals surface area contributed by atoms with Crippen LogP contribution in [0, 0.1) is 6.92 Å². The summed E-state index contributed by atoms with van der Waals surface area (Å²) in [5.41, 5.74) is 8.78. The van der Waals surface area contributed by atoms with E-state index in [4.69, 9.17) is 5.73 Å². The molecular formula is C17H16N2OS. The second-order valence-electron chi connectivity index (χ2n) is 4.93. The first-order valence-electron chi connectivity index (χ1n) is 6.74. The van der Waals surface area contributed by atoms with Gasteiger partial charge in [0.05, 0.1) is 6.04 Å². The van der Waals surface area contributed by atoms with Crippen LogP contribution in [0.25, 0.3) is 5.69 Å². The van der Waals surface area contributed by atoms with Gasteiger partial charge in [-0.25, -0.2) is 0 Å². The van der Waals surface area contributed by atoms with E-state index in [2.05, 4.69) is 0 Å². The molecule has 2 heterocycles. The van der Waals surface area contributed by atoms with Gasteiger partial charge in [0.15, 0.2) is 5.43 Å². The molecule has 0 saturated carbocycles. The molecule has 0 bridgehead atoms. The van der Waals surface area contributed by atoms with Crippen molar-refractivity contribution in [3.8, 4) is 5.69 Å². The van der Waals surface area contributed by atoms with Crippen LogP contribution < -0.4 is 11.2 Å². The number of aryl methyl sites for hydroxylation is 1. The minimum absolute atomic E-state index is 0.0134. The highest BCUT2D eigenvalue weighted by Gasteiger charge is 2.15. The average molecular weight is 296 g/mol. The molecule has 2 N–H and O–H groups in total. The highest BCUT2D eigenvalue weighted by Crippen LogP contribution is 2.22. The number of pyridine rings is 1. The van der Waals surface area contributed by atoms with Crippen LogP contribution in [0.1, 0.15) is 22.2 Å². The van der Waals surface area contributed by atoms with E-state index >= 15 is 0 Å². The van der Waals surface area contributed by atoms with Crippen LogP contribution in [0.5, 0.6) is 0 Å². The summed E-state index contributed by atoms with van der Waals surface area (Å²) in [6.45, 7) is 1.93. The van der Waals surface area contributed by atoms with Crippen molar-refractivity contribution in [2.24, 2.45) is 5.73 Å². The van der Waals surface area contributed by atoms with Crippen molar-refractivity contribution in [1.82, 2.24) is 4.57 Å². The van der Waals surface area contributed by atoms with Crippen molar-refractivity contribution in [3.63, 3.8) is 0 Å². The normalized spacial score (nSPS) is 12.3. The number of thiophene rings is 1. The van der Waals surface area contributed by atoms with Gasteiger partial charge in [-0.1, -0.05) is 24.3 Å². The van der Waals surface area contributed by atoms with E-state index in [0.717, 1.165) is 16.3 Å². The van der Waals surface area contributed by atoms with Crippen LogP contribution in [-0.2, 0) is 0 Å². The van der Waals surface area contributed by atoms with Gasteiger partial charge in [0, 0.05) is 34.1 Å². The summed E-state index contributed by atoms with van der Waals surface area (Å²) in [7, 11) is 0. The van der Waals surface area contributed by atoms with E-state index in [1.54, 1.807) is 17.4 Å². The lowest BCUT2D eigenvalue weighted by atomic mass is 10.1. The van der Waals surface area contributed by atoms with Gasteiger partial charge < -0.3 is 10.3 Å². The quantitative estimate of drug-likeness (QED) is 0.806. The molecule has 0 saturated heterocycles. The monoisotopic (exact) mass is 296 g/mol. The summed E-state index contributed by atoms with van der Waals surface area (Å²) in [5, 5.41) is 1.97. The number of aromatic nitrogens is 1. The Bertz CT molecular complexity index is 791. The molecule has 1 atom stereocenters. The third-order valence-corrected chi connectivity index (χ3v) is 4.45. The van der Waals surface area contributed by atoms with Crippen molar-refractivity contribution >= 4 is 11.3 Å². The Morgan fingerprint density at radius 2 is 1.90 bits per heavy atom. The largest absolute Gasteiger partial charge is 0.321 e. The molecule has 0 fully saturated rings. The van der Waals surface area contributed by atoms with Crippen LogP contribution in [-0.4, -0.2) is 4.57 Å². The van der Waals surface area contributed by atoms with Gasteiger partial charge in [0.1, 0.15) is 0 Å². The SMILES string of the molecule is Cc1cc(=O)c(C(N)c2cccs2)cn1-c1ccccc1. The highest BCUT2D eigenvalue weighted by atomic mass is 32.1. The summed E-state index contributed by atoms with van der Waals surface area (Å²) >= 11 is 1.57. The lowest BCUT2D eigenvalue weighted by Gasteiger charge is -2.15. The zero-order valence-corrected chi connectivity index (χ0v) is 12.5. The molecule has 0 aliphatic heterocycles. The molecule has 0 amide bonds. The minimum Gasteiger partial charge on any atom is -0.321 e. The predicted molar refractivity (Wildman–Crippen MR) is 87.1 cm³/mol. The molecule has 0 aliphatic carbocycles. The van der Waals surface area contributed by atoms with Crippen molar-refractivity contribution in [2.45, 2.75) is 13.0 Å². The summed E-state index contributed by atoms with van der Waals surface area (Å²) in [5.74, 6) is 0. The lowest BCUT2D eigenvalue weighted by Crippen LogP contribution is -2.22. The van der Waals surface area contributed by atoms with Crippen LogP contribution >= 0.6 is 11.3 Å². The Labute approximate surface area is 127 Å². The zero-order chi connectivity index (χ0) is 14.8. The summed E-state index contributed by atoms with van der Waals surface area (Å²) < 4.78 is 2.00. The molecule has 3 rings (SSSR count). The molecule has 2 aromatic heterocycles. The van der Waals surface area contributed by atoms with Gasteiger partial charge in [0.25, 0.3) is 0 Å². The first-order valence-corrected chi connectivity index (χ1v) is 7.62. The van der Waals surface area contributed by atoms with E-state index in [1.165, 1.54) is 0 Å². The maximum absolute atomic E-state index is 12.3. The standard InChI is InChI=1S/C17H16N2OS/c1-12-10-15(20)14(17(18)16-8-5-9-21-16)11-19(12)13-6-3-2-4-7-13/h2-11,17H,18H2,1H3.